The molecule has 0 N–H and O–H groups in total. The van der Waals surface area contributed by atoms with Crippen LogP contribution in [0.4, 0.5) is 4.39 Å². The van der Waals surface area contributed by atoms with E-state index in [4.69, 9.17) is 9.47 Å². The zero-order valence-electron chi connectivity index (χ0n) is 16.0. The van der Waals surface area contributed by atoms with Crippen LogP contribution in [0.2, 0.25) is 0 Å². The number of hydrogen-bond acceptors (Lipinski definition) is 7. The Bertz CT molecular complexity index is 1010. The second-order valence-corrected chi connectivity index (χ2v) is 9.67. The zero-order chi connectivity index (χ0) is 20.8. The fourth-order valence-electron chi connectivity index (χ4n) is 3.90. The number of thioether (sulfide) groups is 1. The van der Waals surface area contributed by atoms with Gasteiger partial charge in [-0.3, -0.25) is 4.79 Å². The Balaban J connectivity index is 1.59. The van der Waals surface area contributed by atoms with E-state index in [0.717, 1.165) is 11.3 Å². The van der Waals surface area contributed by atoms with Crippen LogP contribution in [0.5, 0.6) is 0 Å². The second kappa shape index (κ2) is 7.60. The minimum absolute atomic E-state index is 0.0568. The lowest BCUT2D eigenvalue weighted by Crippen LogP contribution is -2.46. The molecule has 3 heterocycles. The first-order valence-electron chi connectivity index (χ1n) is 9.35. The summed E-state index contributed by atoms with van der Waals surface area (Å²) in [7, 11) is 0. The number of halogens is 1. The molecule has 0 saturated carbocycles. The lowest BCUT2D eigenvalue weighted by Gasteiger charge is -2.29. The summed E-state index contributed by atoms with van der Waals surface area (Å²) >= 11 is 2.68. The highest BCUT2D eigenvalue weighted by Gasteiger charge is 2.53. The molecule has 2 aliphatic rings. The molecule has 29 heavy (non-hydrogen) atoms. The number of rotatable bonds is 5. The largest absolute Gasteiger partial charge is 0.462 e. The summed E-state index contributed by atoms with van der Waals surface area (Å²) in [6, 6.07) is 3.91. The maximum Gasteiger partial charge on any atom is 0.348 e. The monoisotopic (exact) mass is 437 g/mol. The van der Waals surface area contributed by atoms with E-state index in [2.05, 4.69) is 0 Å². The fraction of sp³-hybridized carbons (Fsp3) is 0.450. The van der Waals surface area contributed by atoms with Crippen LogP contribution < -0.4 is 0 Å². The summed E-state index contributed by atoms with van der Waals surface area (Å²) in [6.45, 7) is 3.57. The van der Waals surface area contributed by atoms with E-state index in [-0.39, 0.29) is 34.3 Å². The van der Waals surface area contributed by atoms with Gasteiger partial charge in [-0.05, 0) is 32.4 Å². The molecule has 1 aromatic carbocycles. The number of carbonyl (C=O) groups is 3. The van der Waals surface area contributed by atoms with Crippen molar-refractivity contribution in [2.45, 2.75) is 44.2 Å². The number of thiophene rings is 1. The molecule has 1 aromatic heterocycles. The van der Waals surface area contributed by atoms with Gasteiger partial charge in [0.25, 0.3) is 0 Å². The molecule has 4 rings (SSSR count). The van der Waals surface area contributed by atoms with Crippen molar-refractivity contribution < 1.29 is 28.2 Å². The Morgan fingerprint density at radius 1 is 1.34 bits per heavy atom. The van der Waals surface area contributed by atoms with Gasteiger partial charge in [0.1, 0.15) is 23.3 Å². The lowest BCUT2D eigenvalue weighted by atomic mass is 10.1. The van der Waals surface area contributed by atoms with Gasteiger partial charge in [0, 0.05) is 27.8 Å². The Labute approximate surface area is 175 Å². The molecule has 0 radical (unpaired) electrons. The Kier molecular flexibility index (Phi) is 5.29. The molecular weight excluding hydrogens is 417 g/mol. The highest BCUT2D eigenvalue weighted by Crippen LogP contribution is 2.47. The van der Waals surface area contributed by atoms with Crippen molar-refractivity contribution in [1.29, 1.82) is 0 Å². The number of nitrogens with zero attached hydrogens (tertiary/aromatic N) is 1. The molecular formula is C20H20FNO5S2. The first-order valence-corrected chi connectivity index (χ1v) is 11.2. The van der Waals surface area contributed by atoms with Crippen molar-refractivity contribution in [1.82, 2.24) is 4.90 Å². The average Bonchev–Trinajstić information content (AvgIpc) is 3.32. The molecule has 2 fully saturated rings. The molecule has 6 nitrogen and oxygen atoms in total. The van der Waals surface area contributed by atoms with Crippen molar-refractivity contribution in [3.05, 3.63) is 34.5 Å². The van der Waals surface area contributed by atoms with Crippen molar-refractivity contribution in [3.63, 3.8) is 0 Å². The van der Waals surface area contributed by atoms with E-state index >= 15 is 0 Å². The van der Waals surface area contributed by atoms with Gasteiger partial charge in [-0.1, -0.05) is 6.07 Å². The molecule has 2 aromatic rings. The third-order valence-electron chi connectivity index (χ3n) is 5.30. The van der Waals surface area contributed by atoms with E-state index < -0.39 is 23.8 Å². The van der Waals surface area contributed by atoms with Crippen LogP contribution in [0.3, 0.4) is 0 Å². The van der Waals surface area contributed by atoms with Gasteiger partial charge >= 0.3 is 11.9 Å². The van der Waals surface area contributed by atoms with Crippen LogP contribution in [-0.2, 0) is 25.7 Å². The minimum Gasteiger partial charge on any atom is -0.462 e. The van der Waals surface area contributed by atoms with Gasteiger partial charge in [0.05, 0.1) is 11.5 Å². The predicted octanol–water partition coefficient (Wildman–Crippen LogP) is 3.71. The molecule has 0 spiro atoms. The van der Waals surface area contributed by atoms with Gasteiger partial charge < -0.3 is 14.4 Å². The Morgan fingerprint density at radius 2 is 2.14 bits per heavy atom. The third-order valence-corrected chi connectivity index (χ3v) is 7.98. The molecule has 154 valence electrons. The fourth-order valence-corrected chi connectivity index (χ4v) is 6.43. The second-order valence-electron chi connectivity index (χ2n) is 7.12. The van der Waals surface area contributed by atoms with E-state index in [1.807, 2.05) is 6.92 Å². The minimum atomic E-state index is -0.666. The number of ether oxygens (including phenoxy) is 2. The molecule has 0 unspecified atom stereocenters. The van der Waals surface area contributed by atoms with E-state index in [9.17, 15) is 18.8 Å². The van der Waals surface area contributed by atoms with Gasteiger partial charge in [-0.25, -0.2) is 14.0 Å². The van der Waals surface area contributed by atoms with E-state index in [1.54, 1.807) is 35.7 Å². The van der Waals surface area contributed by atoms with Crippen LogP contribution in [-0.4, -0.2) is 46.0 Å². The van der Waals surface area contributed by atoms with Gasteiger partial charge in [-0.15, -0.1) is 23.1 Å². The lowest BCUT2D eigenvalue weighted by molar-refractivity contribution is -0.154. The molecule has 1 amide bonds. The van der Waals surface area contributed by atoms with Crippen LogP contribution in [0.15, 0.2) is 18.2 Å². The van der Waals surface area contributed by atoms with Gasteiger partial charge in [0.15, 0.2) is 0 Å². The number of amides is 1. The summed E-state index contributed by atoms with van der Waals surface area (Å²) in [5.74, 6) is -1.19. The van der Waals surface area contributed by atoms with Crippen LogP contribution in [0.1, 0.15) is 41.9 Å². The molecule has 2 atom stereocenters. The predicted molar refractivity (Wildman–Crippen MR) is 108 cm³/mol. The molecule has 0 bridgehead atoms. The molecule has 0 aliphatic carbocycles. The quantitative estimate of drug-likeness (QED) is 0.664. The summed E-state index contributed by atoms with van der Waals surface area (Å²) < 4.78 is 25.6. The number of fused-ring (bicyclic) bond motifs is 2. The summed E-state index contributed by atoms with van der Waals surface area (Å²) in [5.41, 5.74) is 0.302. The van der Waals surface area contributed by atoms with Gasteiger partial charge in [0.2, 0.25) is 5.91 Å². The first-order chi connectivity index (χ1) is 13.9. The SMILES string of the molecule is CCOC(=O)c1sc2cccc(F)c2c1COC(=O)[C@H]1CS[C@@]2(C)CCC(=O)N12. The van der Waals surface area contributed by atoms with Crippen LogP contribution in [0, 0.1) is 5.82 Å². The zero-order valence-corrected chi connectivity index (χ0v) is 17.7. The summed E-state index contributed by atoms with van der Waals surface area (Å²) in [5, 5.41) is 0.260. The van der Waals surface area contributed by atoms with E-state index in [0.29, 0.717) is 28.9 Å². The highest BCUT2D eigenvalue weighted by molar-refractivity contribution is 8.01. The average molecular weight is 438 g/mol. The summed E-state index contributed by atoms with van der Waals surface area (Å²) in [4.78, 5) is 38.8. The Hall–Kier alpha value is -2.13. The number of benzene rings is 1. The van der Waals surface area contributed by atoms with Crippen LogP contribution in [0.25, 0.3) is 10.1 Å². The third kappa shape index (κ3) is 3.40. The Morgan fingerprint density at radius 3 is 2.90 bits per heavy atom. The number of hydrogen-bond donors (Lipinski definition) is 0. The van der Waals surface area contributed by atoms with Crippen molar-refractivity contribution >= 4 is 51.0 Å². The van der Waals surface area contributed by atoms with Gasteiger partial charge in [-0.2, -0.15) is 0 Å². The molecule has 2 saturated heterocycles. The maximum absolute atomic E-state index is 14.5. The normalized spacial score (nSPS) is 23.5. The molecule has 9 heteroatoms. The molecule has 2 aliphatic heterocycles. The van der Waals surface area contributed by atoms with Crippen molar-refractivity contribution in [2.75, 3.05) is 12.4 Å². The standard InChI is InChI=1S/C20H20FNO5S2/c1-3-26-19(25)17-11(16-12(21)5-4-6-14(16)29-17)9-27-18(24)13-10-28-20(2)8-7-15(23)22(13)20/h4-6,13H,3,7-10H2,1-2H3/t13-,20+/m1/s1. The highest BCUT2D eigenvalue weighted by atomic mass is 32.2. The topological polar surface area (TPSA) is 72.9 Å². The summed E-state index contributed by atoms with van der Waals surface area (Å²) in [6.07, 6.45) is 1.12. The first kappa shape index (κ1) is 20.2. The number of carbonyl (C=O) groups excluding carboxylic acids is 3. The van der Waals surface area contributed by atoms with Crippen molar-refractivity contribution in [2.24, 2.45) is 0 Å². The smallest absolute Gasteiger partial charge is 0.348 e. The number of esters is 2. The maximum atomic E-state index is 14.5. The van der Waals surface area contributed by atoms with Crippen molar-refractivity contribution in [3.8, 4) is 0 Å². The van der Waals surface area contributed by atoms with E-state index in [1.165, 1.54) is 6.07 Å². The van der Waals surface area contributed by atoms with Crippen LogP contribution >= 0.6 is 23.1 Å².